The molecule has 34 heavy (non-hydrogen) atoms. The van der Waals surface area contributed by atoms with E-state index in [4.69, 9.17) is 4.74 Å². The number of benzene rings is 3. The molecule has 0 saturated carbocycles. The Kier molecular flexibility index (Phi) is 6.58. The summed E-state index contributed by atoms with van der Waals surface area (Å²) < 4.78 is 5.58. The number of anilines is 2. The van der Waals surface area contributed by atoms with Gasteiger partial charge in [0.15, 0.2) is 0 Å². The topological polar surface area (TPSA) is 102 Å². The Bertz CT molecular complexity index is 1230. The summed E-state index contributed by atoms with van der Waals surface area (Å²) in [7, 11) is 1.55. The zero-order chi connectivity index (χ0) is 24.2. The summed E-state index contributed by atoms with van der Waals surface area (Å²) in [6.45, 7) is 1.97. The maximum Gasteiger partial charge on any atom is 0.271 e. The minimum Gasteiger partial charge on any atom is -0.496 e. The number of nitrogens with zero attached hydrogens (tertiary/aromatic N) is 2. The van der Waals surface area contributed by atoms with Gasteiger partial charge >= 0.3 is 0 Å². The van der Waals surface area contributed by atoms with E-state index in [0.29, 0.717) is 23.5 Å². The van der Waals surface area contributed by atoms with Crippen molar-refractivity contribution in [3.05, 3.63) is 94.0 Å². The average molecular weight is 460 g/mol. The predicted molar refractivity (Wildman–Crippen MR) is 129 cm³/mol. The maximum atomic E-state index is 13.5. The van der Waals surface area contributed by atoms with Crippen LogP contribution in [0.2, 0.25) is 0 Å². The van der Waals surface area contributed by atoms with Gasteiger partial charge in [-0.15, -0.1) is 0 Å². The lowest BCUT2D eigenvalue weighted by atomic mass is 9.82. The number of nitrogens with one attached hydrogen (secondary N) is 1. The monoisotopic (exact) mass is 459 g/mol. The fourth-order valence-electron chi connectivity index (χ4n) is 4.38. The highest BCUT2D eigenvalue weighted by atomic mass is 16.6. The zero-order valence-electron chi connectivity index (χ0n) is 18.9. The van der Waals surface area contributed by atoms with E-state index in [2.05, 4.69) is 5.32 Å². The highest BCUT2D eigenvalue weighted by Crippen LogP contribution is 2.43. The number of carbonyl (C=O) groups excluding carboxylic acids is 2. The van der Waals surface area contributed by atoms with Gasteiger partial charge in [0.1, 0.15) is 5.75 Å². The summed E-state index contributed by atoms with van der Waals surface area (Å²) in [6.07, 6.45) is 0.539. The van der Waals surface area contributed by atoms with Gasteiger partial charge in [-0.2, -0.15) is 0 Å². The first-order valence-corrected chi connectivity index (χ1v) is 11.0. The van der Waals surface area contributed by atoms with Crippen molar-refractivity contribution in [3.63, 3.8) is 0 Å². The van der Waals surface area contributed by atoms with E-state index in [0.717, 1.165) is 11.1 Å². The standard InChI is InChI=1S/C26H25N3O5/c1-17-10-12-19(13-11-17)28-24(30)15-14-22(25(28)21-8-3-4-9-23(21)34-2)26(31)27-18-6-5-7-20(16-18)29(32)33/h3-13,16,22,25H,14-15H2,1-2H3,(H,27,31). The Morgan fingerprint density at radius 3 is 2.53 bits per heavy atom. The van der Waals surface area contributed by atoms with E-state index >= 15 is 0 Å². The molecule has 8 heteroatoms. The molecule has 2 amide bonds. The van der Waals surface area contributed by atoms with Crippen molar-refractivity contribution in [2.45, 2.75) is 25.8 Å². The third-order valence-corrected chi connectivity index (χ3v) is 6.03. The van der Waals surface area contributed by atoms with Crippen molar-refractivity contribution in [2.75, 3.05) is 17.3 Å². The van der Waals surface area contributed by atoms with Crippen LogP contribution >= 0.6 is 0 Å². The first-order chi connectivity index (χ1) is 16.4. The molecule has 3 aromatic rings. The van der Waals surface area contributed by atoms with Gasteiger partial charge in [0, 0.05) is 35.5 Å². The van der Waals surface area contributed by atoms with Gasteiger partial charge in [-0.3, -0.25) is 19.7 Å². The summed E-state index contributed by atoms with van der Waals surface area (Å²) in [5, 5.41) is 14.0. The van der Waals surface area contributed by atoms with Crippen molar-refractivity contribution in [3.8, 4) is 5.75 Å². The van der Waals surface area contributed by atoms with Gasteiger partial charge < -0.3 is 15.0 Å². The van der Waals surface area contributed by atoms with Crippen molar-refractivity contribution in [2.24, 2.45) is 5.92 Å². The van der Waals surface area contributed by atoms with Gasteiger partial charge in [0.05, 0.1) is 24.0 Å². The number of carbonyl (C=O) groups is 2. The number of methoxy groups -OCH3 is 1. The zero-order valence-corrected chi connectivity index (χ0v) is 18.9. The van der Waals surface area contributed by atoms with Gasteiger partial charge in [-0.05, 0) is 37.6 Å². The molecule has 2 unspecified atom stereocenters. The number of non-ortho nitro benzene ring substituents is 1. The lowest BCUT2D eigenvalue weighted by molar-refractivity contribution is -0.384. The molecule has 2 atom stereocenters. The van der Waals surface area contributed by atoms with Crippen LogP contribution in [0.5, 0.6) is 5.75 Å². The number of rotatable bonds is 6. The first kappa shape index (κ1) is 23.0. The Morgan fingerprint density at radius 1 is 1.09 bits per heavy atom. The minimum absolute atomic E-state index is 0.0841. The van der Waals surface area contributed by atoms with Crippen LogP contribution in [-0.4, -0.2) is 23.8 Å². The molecule has 1 saturated heterocycles. The first-order valence-electron chi connectivity index (χ1n) is 11.0. The van der Waals surface area contributed by atoms with Gasteiger partial charge in [-0.25, -0.2) is 0 Å². The fraction of sp³-hybridized carbons (Fsp3) is 0.231. The highest BCUT2D eigenvalue weighted by molar-refractivity contribution is 6.00. The molecule has 1 aliphatic heterocycles. The van der Waals surface area contributed by atoms with Crippen LogP contribution in [0.1, 0.15) is 30.0 Å². The second-order valence-corrected chi connectivity index (χ2v) is 8.23. The summed E-state index contributed by atoms with van der Waals surface area (Å²) in [4.78, 5) is 39.0. The summed E-state index contributed by atoms with van der Waals surface area (Å²) in [5.74, 6) is -0.429. The van der Waals surface area contributed by atoms with Crippen LogP contribution < -0.4 is 15.0 Å². The van der Waals surface area contributed by atoms with E-state index < -0.39 is 16.9 Å². The molecule has 1 N–H and O–H groups in total. The van der Waals surface area contributed by atoms with E-state index in [1.54, 1.807) is 24.1 Å². The molecule has 4 rings (SSSR count). The largest absolute Gasteiger partial charge is 0.496 e. The Morgan fingerprint density at radius 2 is 1.82 bits per heavy atom. The number of ether oxygens (including phenoxy) is 1. The Hall–Kier alpha value is -4.20. The predicted octanol–water partition coefficient (Wildman–Crippen LogP) is 5.03. The number of aryl methyl sites for hydroxylation is 1. The van der Waals surface area contributed by atoms with Crippen molar-refractivity contribution < 1.29 is 19.2 Å². The van der Waals surface area contributed by atoms with Crippen molar-refractivity contribution in [1.29, 1.82) is 0 Å². The smallest absolute Gasteiger partial charge is 0.271 e. The average Bonchev–Trinajstić information content (AvgIpc) is 2.84. The summed E-state index contributed by atoms with van der Waals surface area (Å²) in [6, 6.07) is 20.1. The molecule has 0 aliphatic carbocycles. The minimum atomic E-state index is -0.612. The molecule has 0 radical (unpaired) electrons. The summed E-state index contributed by atoms with van der Waals surface area (Å²) in [5.41, 5.74) is 2.69. The van der Waals surface area contributed by atoms with Crippen LogP contribution in [0.4, 0.5) is 17.1 Å². The van der Waals surface area contributed by atoms with Gasteiger partial charge in [0.2, 0.25) is 11.8 Å². The highest BCUT2D eigenvalue weighted by Gasteiger charge is 2.42. The summed E-state index contributed by atoms with van der Waals surface area (Å²) >= 11 is 0. The number of hydrogen-bond donors (Lipinski definition) is 1. The van der Waals surface area contributed by atoms with E-state index in [1.165, 1.54) is 18.2 Å². The molecule has 1 fully saturated rings. The van der Waals surface area contributed by atoms with Gasteiger partial charge in [-0.1, -0.05) is 42.0 Å². The van der Waals surface area contributed by atoms with Crippen LogP contribution in [-0.2, 0) is 9.59 Å². The molecule has 8 nitrogen and oxygen atoms in total. The number of nitro benzene ring substituents is 1. The van der Waals surface area contributed by atoms with Gasteiger partial charge in [0.25, 0.3) is 5.69 Å². The molecule has 3 aromatic carbocycles. The second-order valence-electron chi connectivity index (χ2n) is 8.23. The number of para-hydroxylation sites is 1. The number of hydrogen-bond acceptors (Lipinski definition) is 5. The van der Waals surface area contributed by atoms with Crippen molar-refractivity contribution in [1.82, 2.24) is 0 Å². The Labute approximate surface area is 197 Å². The molecular weight excluding hydrogens is 434 g/mol. The quantitative estimate of drug-likeness (QED) is 0.411. The lowest BCUT2D eigenvalue weighted by Gasteiger charge is -2.41. The van der Waals surface area contributed by atoms with E-state index in [1.807, 2.05) is 49.4 Å². The second kappa shape index (κ2) is 9.74. The molecule has 0 spiro atoms. The third-order valence-electron chi connectivity index (χ3n) is 6.03. The number of amides is 2. The number of nitro groups is 1. The van der Waals surface area contributed by atoms with E-state index in [9.17, 15) is 19.7 Å². The third kappa shape index (κ3) is 4.61. The lowest BCUT2D eigenvalue weighted by Crippen LogP contribution is -2.47. The van der Waals surface area contributed by atoms with Crippen LogP contribution in [0.25, 0.3) is 0 Å². The SMILES string of the molecule is COc1ccccc1C1C(C(=O)Nc2cccc([N+](=O)[O-])c2)CCC(=O)N1c1ccc(C)cc1. The van der Waals surface area contributed by atoms with Crippen LogP contribution in [0.15, 0.2) is 72.8 Å². The molecule has 0 bridgehead atoms. The molecule has 174 valence electrons. The molecule has 1 aliphatic rings. The normalized spacial score (nSPS) is 17.8. The van der Waals surface area contributed by atoms with Crippen LogP contribution in [0.3, 0.4) is 0 Å². The molecule has 1 heterocycles. The molecule has 0 aromatic heterocycles. The Balaban J connectivity index is 1.76. The number of piperidine rings is 1. The van der Waals surface area contributed by atoms with Crippen molar-refractivity contribution >= 4 is 28.9 Å². The fourth-order valence-corrected chi connectivity index (χ4v) is 4.38. The van der Waals surface area contributed by atoms with Crippen LogP contribution in [0, 0.1) is 23.0 Å². The molecular formula is C26H25N3O5. The van der Waals surface area contributed by atoms with E-state index in [-0.39, 0.29) is 23.9 Å². The maximum absolute atomic E-state index is 13.5.